The van der Waals surface area contributed by atoms with Crippen LogP contribution in [-0.4, -0.2) is 84.8 Å². The fourth-order valence-electron chi connectivity index (χ4n) is 6.59. The number of ether oxygens (including phenoxy) is 4. The maximum absolute atomic E-state index is 13.4. The zero-order valence-electron chi connectivity index (χ0n) is 19.4. The molecule has 4 bridgehead atoms. The summed E-state index contributed by atoms with van der Waals surface area (Å²) < 4.78 is 23.0. The number of hydrogen-bond acceptors (Lipinski definition) is 8. The van der Waals surface area contributed by atoms with Gasteiger partial charge in [0.25, 0.3) is 0 Å². The molecule has 2 fully saturated rings. The summed E-state index contributed by atoms with van der Waals surface area (Å²) in [5, 5.41) is 32.8. The number of esters is 1. The molecule has 4 aliphatic rings. The summed E-state index contributed by atoms with van der Waals surface area (Å²) in [5.41, 5.74) is -0.112. The predicted molar refractivity (Wildman–Crippen MR) is 114 cm³/mol. The van der Waals surface area contributed by atoms with Crippen molar-refractivity contribution in [2.24, 2.45) is 35.5 Å². The van der Waals surface area contributed by atoms with Gasteiger partial charge in [-0.05, 0) is 12.5 Å². The standard InChI is InChI=1S/C24H36O8/c1-11-8-12(2)24-16(15(9-29-4)23(28)31-21(11)17(25)10-30-5)7-6-14-18(24)19(26)13(3)20(27)22(14)32-24/h6-8,11,13-22,25-27H,9-10H2,1-5H3/b12-8+/t11-,13-,14-,15-,16-,17-,18+,19-,20-,21+,22-,24+/m1/s1. The van der Waals surface area contributed by atoms with E-state index in [1.807, 2.05) is 39.0 Å². The second-order valence-electron chi connectivity index (χ2n) is 9.92. The fourth-order valence-corrected chi connectivity index (χ4v) is 6.59. The summed E-state index contributed by atoms with van der Waals surface area (Å²) in [6.07, 6.45) is 2.05. The summed E-state index contributed by atoms with van der Waals surface area (Å²) in [5.74, 6) is -2.78. The zero-order valence-corrected chi connectivity index (χ0v) is 19.4. The topological polar surface area (TPSA) is 115 Å². The van der Waals surface area contributed by atoms with E-state index < -0.39 is 53.9 Å². The van der Waals surface area contributed by atoms with Crippen molar-refractivity contribution >= 4 is 5.97 Å². The molecule has 180 valence electrons. The molecule has 8 heteroatoms. The van der Waals surface area contributed by atoms with Gasteiger partial charge in [0, 0.05) is 43.8 Å². The Balaban J connectivity index is 1.87. The third-order valence-corrected chi connectivity index (χ3v) is 8.14. The molecule has 3 N–H and O–H groups in total. The predicted octanol–water partition coefficient (Wildman–Crippen LogP) is 0.692. The highest BCUT2D eigenvalue weighted by atomic mass is 16.6. The highest BCUT2D eigenvalue weighted by molar-refractivity contribution is 5.74. The van der Waals surface area contributed by atoms with Crippen LogP contribution in [-0.2, 0) is 23.7 Å². The molecular formula is C24H36O8. The minimum Gasteiger partial charge on any atom is -0.459 e. The number of cyclic esters (lactones) is 1. The third kappa shape index (κ3) is 3.38. The van der Waals surface area contributed by atoms with Gasteiger partial charge in [-0.25, -0.2) is 0 Å². The second-order valence-corrected chi connectivity index (χ2v) is 9.92. The summed E-state index contributed by atoms with van der Waals surface area (Å²) in [6.45, 7) is 5.80. The lowest BCUT2D eigenvalue weighted by atomic mass is 9.56. The van der Waals surface area contributed by atoms with Gasteiger partial charge >= 0.3 is 5.97 Å². The van der Waals surface area contributed by atoms with E-state index in [1.165, 1.54) is 14.2 Å². The molecule has 4 rings (SSSR count). The van der Waals surface area contributed by atoms with E-state index in [0.29, 0.717) is 0 Å². The lowest BCUT2D eigenvalue weighted by Gasteiger charge is -2.48. The first-order valence-corrected chi connectivity index (χ1v) is 11.5. The van der Waals surface area contributed by atoms with Gasteiger partial charge in [-0.15, -0.1) is 0 Å². The Hall–Kier alpha value is -1.29. The molecule has 0 radical (unpaired) electrons. The number of aliphatic hydroxyl groups excluding tert-OH is 3. The summed E-state index contributed by atoms with van der Waals surface area (Å²) in [4.78, 5) is 13.4. The maximum Gasteiger partial charge on any atom is 0.312 e. The molecule has 0 unspecified atom stereocenters. The van der Waals surface area contributed by atoms with Crippen LogP contribution in [0.5, 0.6) is 0 Å². The Morgan fingerprint density at radius 3 is 2.53 bits per heavy atom. The molecule has 1 spiro atoms. The lowest BCUT2D eigenvalue weighted by molar-refractivity contribution is -0.173. The van der Waals surface area contributed by atoms with E-state index in [-0.39, 0.29) is 36.9 Å². The SMILES string of the molecule is COC[C@@H](O)[C@H]1OC(=O)[C@H](COC)[C@H]2C=C[C@H]3[C@H]4O[C@]2(/C(C)=C/[C@H]1C)[C@@H]3[C@H](O)[C@@H](C)[C@H]4O. The molecular weight excluding hydrogens is 416 g/mol. The van der Waals surface area contributed by atoms with Crippen LogP contribution in [0.1, 0.15) is 20.8 Å². The van der Waals surface area contributed by atoms with Crippen molar-refractivity contribution in [3.8, 4) is 0 Å². The average Bonchev–Trinajstić information content (AvgIpc) is 2.96. The Kier molecular flexibility index (Phi) is 6.57. The Morgan fingerprint density at radius 2 is 1.88 bits per heavy atom. The first kappa shape index (κ1) is 23.9. The van der Waals surface area contributed by atoms with Crippen LogP contribution in [0.25, 0.3) is 0 Å². The van der Waals surface area contributed by atoms with Crippen molar-refractivity contribution in [1.29, 1.82) is 0 Å². The van der Waals surface area contributed by atoms with E-state index in [2.05, 4.69) is 0 Å². The fraction of sp³-hybridized carbons (Fsp3) is 0.792. The lowest BCUT2D eigenvalue weighted by Crippen LogP contribution is -2.57. The molecule has 0 amide bonds. The molecule has 1 saturated heterocycles. The summed E-state index contributed by atoms with van der Waals surface area (Å²) in [7, 11) is 3.01. The van der Waals surface area contributed by atoms with Gasteiger partial charge in [-0.1, -0.05) is 32.1 Å². The van der Waals surface area contributed by atoms with Crippen molar-refractivity contribution < 1.29 is 39.1 Å². The summed E-state index contributed by atoms with van der Waals surface area (Å²) in [6, 6.07) is 0. The number of rotatable bonds is 5. The Bertz CT molecular complexity index is 780. The van der Waals surface area contributed by atoms with Gasteiger partial charge in [-0.2, -0.15) is 0 Å². The Labute approximate surface area is 189 Å². The van der Waals surface area contributed by atoms with Crippen LogP contribution >= 0.6 is 0 Å². The number of methoxy groups -OCH3 is 2. The second kappa shape index (κ2) is 8.81. The molecule has 32 heavy (non-hydrogen) atoms. The van der Waals surface area contributed by atoms with Crippen molar-refractivity contribution in [1.82, 2.24) is 0 Å². The molecule has 2 aliphatic heterocycles. The third-order valence-electron chi connectivity index (χ3n) is 8.14. The van der Waals surface area contributed by atoms with Crippen LogP contribution in [0.4, 0.5) is 0 Å². The quantitative estimate of drug-likeness (QED) is 0.412. The van der Waals surface area contributed by atoms with Crippen molar-refractivity contribution in [2.75, 3.05) is 27.4 Å². The first-order chi connectivity index (χ1) is 15.2. The highest BCUT2D eigenvalue weighted by Crippen LogP contribution is 2.61. The van der Waals surface area contributed by atoms with Crippen LogP contribution in [0.3, 0.4) is 0 Å². The van der Waals surface area contributed by atoms with Gasteiger partial charge in [0.05, 0.1) is 37.4 Å². The average molecular weight is 453 g/mol. The normalized spacial score (nSPS) is 50.4. The smallest absolute Gasteiger partial charge is 0.312 e. The van der Waals surface area contributed by atoms with Crippen LogP contribution < -0.4 is 0 Å². The Morgan fingerprint density at radius 1 is 1.16 bits per heavy atom. The van der Waals surface area contributed by atoms with Crippen molar-refractivity contribution in [2.45, 2.75) is 56.9 Å². The number of hydrogen-bond donors (Lipinski definition) is 3. The molecule has 2 aliphatic carbocycles. The summed E-state index contributed by atoms with van der Waals surface area (Å²) >= 11 is 0. The minimum atomic E-state index is -0.997. The molecule has 12 atom stereocenters. The zero-order chi connectivity index (χ0) is 23.4. The van der Waals surface area contributed by atoms with Gasteiger partial charge in [0.15, 0.2) is 0 Å². The molecule has 2 heterocycles. The molecule has 0 aromatic heterocycles. The highest BCUT2D eigenvalue weighted by Gasteiger charge is 2.69. The number of carbonyl (C=O) groups excluding carboxylic acids is 1. The van der Waals surface area contributed by atoms with Crippen LogP contribution in [0.2, 0.25) is 0 Å². The van der Waals surface area contributed by atoms with Gasteiger partial charge < -0.3 is 34.3 Å². The maximum atomic E-state index is 13.4. The van der Waals surface area contributed by atoms with Crippen molar-refractivity contribution in [3.63, 3.8) is 0 Å². The van der Waals surface area contributed by atoms with E-state index in [1.54, 1.807) is 0 Å². The van der Waals surface area contributed by atoms with E-state index in [0.717, 1.165) is 5.57 Å². The van der Waals surface area contributed by atoms with Gasteiger partial charge in [0.1, 0.15) is 17.8 Å². The van der Waals surface area contributed by atoms with Crippen LogP contribution in [0.15, 0.2) is 23.8 Å². The molecule has 8 nitrogen and oxygen atoms in total. The van der Waals surface area contributed by atoms with Crippen LogP contribution in [0, 0.1) is 35.5 Å². The molecule has 0 aromatic rings. The largest absolute Gasteiger partial charge is 0.459 e. The van der Waals surface area contributed by atoms with Gasteiger partial charge in [-0.3, -0.25) is 4.79 Å². The van der Waals surface area contributed by atoms with Crippen molar-refractivity contribution in [3.05, 3.63) is 23.8 Å². The molecule has 1 saturated carbocycles. The van der Waals surface area contributed by atoms with E-state index >= 15 is 0 Å². The van der Waals surface area contributed by atoms with E-state index in [4.69, 9.17) is 18.9 Å². The molecule has 0 aromatic carbocycles. The van der Waals surface area contributed by atoms with Gasteiger partial charge in [0.2, 0.25) is 0 Å². The van der Waals surface area contributed by atoms with E-state index in [9.17, 15) is 20.1 Å². The first-order valence-electron chi connectivity index (χ1n) is 11.5. The number of carbonyl (C=O) groups is 1. The minimum absolute atomic E-state index is 0.0320. The monoisotopic (exact) mass is 452 g/mol. The number of aliphatic hydroxyl groups is 3.